The normalized spacial score (nSPS) is 23.1. The lowest BCUT2D eigenvalue weighted by atomic mass is 9.85. The monoisotopic (exact) mass is 544 g/mol. The van der Waals surface area contributed by atoms with Gasteiger partial charge in [-0.2, -0.15) is 0 Å². The molecule has 2 fully saturated rings. The molecule has 1 aliphatic heterocycles. The summed E-state index contributed by atoms with van der Waals surface area (Å²) >= 11 is 0. The molecule has 1 aromatic heterocycles. The number of aromatic nitrogens is 1. The van der Waals surface area contributed by atoms with Gasteiger partial charge in [-0.1, -0.05) is 37.3 Å². The molecule has 208 valence electrons. The van der Waals surface area contributed by atoms with Gasteiger partial charge < -0.3 is 19.7 Å². The van der Waals surface area contributed by atoms with Crippen LogP contribution in [0.1, 0.15) is 43.2 Å². The maximum absolute atomic E-state index is 13.2. The number of carbonyl (C=O) groups excluding carboxylic acids is 1. The van der Waals surface area contributed by atoms with Crippen LogP contribution >= 0.6 is 0 Å². The second kappa shape index (κ2) is 12.4. The van der Waals surface area contributed by atoms with E-state index in [0.717, 1.165) is 48.5 Å². The van der Waals surface area contributed by atoms with Gasteiger partial charge in [0.15, 0.2) is 0 Å². The standard InChI is InChI=1S/C28H40N4O5S/c1-20-15-23(20)18-32(13-14-36-3)26-17-21(16-25(30-26)31(2)38(4,34)35)19-37-28(33)27-24(11-8-12-29-27)22-9-6-5-7-10-22/h5-7,9-10,16-17,20,23-24,27,29H,8,11-15,18-19H2,1-4H3/t20-,23+,24-,27-/m0/s1. The minimum Gasteiger partial charge on any atom is -0.460 e. The average molecular weight is 545 g/mol. The van der Waals surface area contributed by atoms with Gasteiger partial charge >= 0.3 is 5.97 Å². The number of carbonyl (C=O) groups is 1. The molecular weight excluding hydrogens is 504 g/mol. The Morgan fingerprint density at radius 2 is 1.89 bits per heavy atom. The van der Waals surface area contributed by atoms with Gasteiger partial charge in [0.1, 0.15) is 24.3 Å². The van der Waals surface area contributed by atoms with Crippen LogP contribution in [0.15, 0.2) is 42.5 Å². The van der Waals surface area contributed by atoms with Gasteiger partial charge in [0.2, 0.25) is 10.0 Å². The van der Waals surface area contributed by atoms with Crippen molar-refractivity contribution in [1.82, 2.24) is 10.3 Å². The number of rotatable bonds is 12. The number of hydrogen-bond acceptors (Lipinski definition) is 8. The van der Waals surface area contributed by atoms with Crippen LogP contribution in [0.25, 0.3) is 0 Å². The fourth-order valence-corrected chi connectivity index (χ4v) is 5.44. The van der Waals surface area contributed by atoms with Gasteiger partial charge in [-0.3, -0.25) is 9.10 Å². The summed E-state index contributed by atoms with van der Waals surface area (Å²) in [6, 6.07) is 13.2. The quantitative estimate of drug-likeness (QED) is 0.407. The SMILES string of the molecule is COCCN(C[C@H]1C[C@@H]1C)c1cc(COC(=O)[C@H]2NCCC[C@H]2c2ccccc2)cc(N(C)S(C)(=O)=O)n1. The predicted molar refractivity (Wildman–Crippen MR) is 149 cm³/mol. The fraction of sp³-hybridized carbons (Fsp3) is 0.571. The Bertz CT molecular complexity index is 1190. The summed E-state index contributed by atoms with van der Waals surface area (Å²) < 4.78 is 37.0. The highest BCUT2D eigenvalue weighted by molar-refractivity contribution is 7.92. The van der Waals surface area contributed by atoms with Gasteiger partial charge in [0, 0.05) is 33.2 Å². The second-order valence-corrected chi connectivity index (χ2v) is 12.5. The molecule has 2 aromatic rings. The van der Waals surface area contributed by atoms with E-state index >= 15 is 0 Å². The van der Waals surface area contributed by atoms with Crippen molar-refractivity contribution in [3.05, 3.63) is 53.6 Å². The molecule has 1 saturated carbocycles. The largest absolute Gasteiger partial charge is 0.460 e. The predicted octanol–water partition coefficient (Wildman–Crippen LogP) is 3.17. The maximum Gasteiger partial charge on any atom is 0.324 e. The first-order valence-corrected chi connectivity index (χ1v) is 15.2. The lowest BCUT2D eigenvalue weighted by Crippen LogP contribution is -2.46. The highest BCUT2D eigenvalue weighted by Gasteiger charge is 2.35. The molecule has 0 spiro atoms. The number of nitrogens with zero attached hydrogens (tertiary/aromatic N) is 3. The third kappa shape index (κ3) is 7.24. The molecule has 4 atom stereocenters. The number of hydrogen-bond donors (Lipinski definition) is 1. The highest BCUT2D eigenvalue weighted by Crippen LogP contribution is 2.39. The van der Waals surface area contributed by atoms with Crippen LogP contribution in [0, 0.1) is 11.8 Å². The molecule has 1 aliphatic carbocycles. The number of pyridine rings is 1. The third-order valence-electron chi connectivity index (χ3n) is 7.62. The van der Waals surface area contributed by atoms with E-state index in [9.17, 15) is 13.2 Å². The van der Waals surface area contributed by atoms with Gasteiger partial charge in [-0.25, -0.2) is 13.4 Å². The number of ether oxygens (including phenoxy) is 2. The van der Waals surface area contributed by atoms with E-state index < -0.39 is 16.1 Å². The lowest BCUT2D eigenvalue weighted by molar-refractivity contribution is -0.148. The summed E-state index contributed by atoms with van der Waals surface area (Å²) in [5, 5.41) is 3.34. The number of benzene rings is 1. The zero-order chi connectivity index (χ0) is 27.3. The van der Waals surface area contributed by atoms with E-state index in [1.54, 1.807) is 13.2 Å². The molecule has 2 heterocycles. The number of piperidine rings is 1. The second-order valence-electron chi connectivity index (χ2n) is 10.5. The molecule has 9 nitrogen and oxygen atoms in total. The first kappa shape index (κ1) is 28.3. The Balaban J connectivity index is 1.56. The topological polar surface area (TPSA) is 101 Å². The molecule has 1 saturated heterocycles. The molecule has 1 N–H and O–H groups in total. The van der Waals surface area contributed by atoms with Crippen LogP contribution < -0.4 is 14.5 Å². The number of methoxy groups -OCH3 is 1. The Morgan fingerprint density at radius 3 is 2.55 bits per heavy atom. The van der Waals surface area contributed by atoms with Crippen LogP contribution in [-0.4, -0.2) is 72.1 Å². The minimum atomic E-state index is -3.53. The lowest BCUT2D eigenvalue weighted by Gasteiger charge is -2.31. The first-order chi connectivity index (χ1) is 18.2. The van der Waals surface area contributed by atoms with Crippen molar-refractivity contribution < 1.29 is 22.7 Å². The van der Waals surface area contributed by atoms with Crippen molar-refractivity contribution in [3.8, 4) is 0 Å². The van der Waals surface area contributed by atoms with Crippen LogP contribution in [-0.2, 0) is 30.9 Å². The van der Waals surface area contributed by atoms with Gasteiger partial charge in [0.05, 0.1) is 12.9 Å². The summed E-state index contributed by atoms with van der Waals surface area (Å²) in [6.45, 7) is 4.98. The Kier molecular flexibility index (Phi) is 9.27. The van der Waals surface area contributed by atoms with Crippen molar-refractivity contribution >= 4 is 27.6 Å². The van der Waals surface area contributed by atoms with Crippen molar-refractivity contribution in [2.75, 3.05) is 55.9 Å². The number of sulfonamides is 1. The van der Waals surface area contributed by atoms with Crippen LogP contribution in [0.5, 0.6) is 0 Å². The number of esters is 1. The fourth-order valence-electron chi connectivity index (χ4n) is 5.01. The van der Waals surface area contributed by atoms with E-state index in [1.165, 1.54) is 7.05 Å². The van der Waals surface area contributed by atoms with E-state index in [0.29, 0.717) is 42.2 Å². The summed E-state index contributed by atoms with van der Waals surface area (Å²) in [4.78, 5) is 20.1. The summed E-state index contributed by atoms with van der Waals surface area (Å²) in [5.74, 6) is 1.90. The van der Waals surface area contributed by atoms with E-state index in [-0.39, 0.29) is 18.5 Å². The molecule has 10 heteroatoms. The summed E-state index contributed by atoms with van der Waals surface area (Å²) in [5.41, 5.74) is 1.81. The number of nitrogens with one attached hydrogen (secondary N) is 1. The smallest absolute Gasteiger partial charge is 0.324 e. The molecule has 1 aromatic carbocycles. The molecule has 0 radical (unpaired) electrons. The first-order valence-electron chi connectivity index (χ1n) is 13.3. The summed E-state index contributed by atoms with van der Waals surface area (Å²) in [7, 11) is -0.387. The van der Waals surface area contributed by atoms with Crippen LogP contribution in [0.2, 0.25) is 0 Å². The van der Waals surface area contributed by atoms with Gasteiger partial charge in [-0.15, -0.1) is 0 Å². The van der Waals surface area contributed by atoms with Gasteiger partial charge in [0.25, 0.3) is 0 Å². The molecule has 2 aliphatic rings. The summed E-state index contributed by atoms with van der Waals surface area (Å²) in [6.07, 6.45) is 4.21. The van der Waals surface area contributed by atoms with E-state index in [4.69, 9.17) is 14.5 Å². The Hall–Kier alpha value is -2.69. The molecule has 0 amide bonds. The maximum atomic E-state index is 13.2. The van der Waals surface area contributed by atoms with E-state index in [1.807, 2.05) is 24.3 Å². The molecule has 4 rings (SSSR count). The van der Waals surface area contributed by atoms with Crippen molar-refractivity contribution in [2.45, 2.75) is 44.8 Å². The molecule has 38 heavy (non-hydrogen) atoms. The van der Waals surface area contributed by atoms with Crippen molar-refractivity contribution in [1.29, 1.82) is 0 Å². The molecular formula is C28H40N4O5S. The zero-order valence-corrected chi connectivity index (χ0v) is 23.6. The zero-order valence-electron chi connectivity index (χ0n) is 22.8. The van der Waals surface area contributed by atoms with Crippen LogP contribution in [0.4, 0.5) is 11.6 Å². The van der Waals surface area contributed by atoms with Gasteiger partial charge in [-0.05, 0) is 60.9 Å². The Labute approximate surface area is 226 Å². The average Bonchev–Trinajstić information content (AvgIpc) is 3.63. The Morgan fingerprint density at radius 1 is 1.18 bits per heavy atom. The van der Waals surface area contributed by atoms with E-state index in [2.05, 4.69) is 29.3 Å². The highest BCUT2D eigenvalue weighted by atomic mass is 32.2. The molecule has 0 bridgehead atoms. The minimum absolute atomic E-state index is 0.0244. The molecule has 0 unspecified atom stereocenters. The van der Waals surface area contributed by atoms with Crippen molar-refractivity contribution in [2.24, 2.45) is 11.8 Å². The van der Waals surface area contributed by atoms with Crippen molar-refractivity contribution in [3.63, 3.8) is 0 Å². The number of anilines is 2. The third-order valence-corrected chi connectivity index (χ3v) is 8.80. The van der Waals surface area contributed by atoms with Crippen LogP contribution in [0.3, 0.4) is 0 Å².